The van der Waals surface area contributed by atoms with E-state index in [-0.39, 0.29) is 11.9 Å². The number of nitrogens with zero attached hydrogens (tertiary/aromatic N) is 4. The lowest BCUT2D eigenvalue weighted by Crippen LogP contribution is -2.42. The Morgan fingerprint density at radius 1 is 1.50 bits per heavy atom. The van der Waals surface area contributed by atoms with Crippen LogP contribution in [0.25, 0.3) is 0 Å². The maximum atomic E-state index is 12.6. The number of thiazole rings is 1. The van der Waals surface area contributed by atoms with Gasteiger partial charge in [0.05, 0.1) is 11.3 Å². The zero-order valence-electron chi connectivity index (χ0n) is 11.5. The SMILES string of the molecule is C[C@@H](C(=O)N1CCC[C@H](c2nccs2)C1)n1ccnc1. The molecule has 1 aliphatic heterocycles. The Hall–Kier alpha value is -1.69. The molecule has 1 aliphatic rings. The molecule has 3 rings (SSSR count). The second-order valence-corrected chi connectivity index (χ2v) is 6.11. The van der Waals surface area contributed by atoms with E-state index in [1.54, 1.807) is 23.9 Å². The molecule has 106 valence electrons. The lowest BCUT2D eigenvalue weighted by atomic mass is 9.98. The number of likely N-dealkylation sites (tertiary alicyclic amines) is 1. The number of carbonyl (C=O) groups is 1. The summed E-state index contributed by atoms with van der Waals surface area (Å²) in [5, 5.41) is 3.15. The largest absolute Gasteiger partial charge is 0.340 e. The van der Waals surface area contributed by atoms with Gasteiger partial charge in [0.15, 0.2) is 0 Å². The predicted molar refractivity (Wildman–Crippen MR) is 77.6 cm³/mol. The number of imidazole rings is 1. The van der Waals surface area contributed by atoms with E-state index in [9.17, 15) is 4.79 Å². The first-order chi connectivity index (χ1) is 9.75. The Morgan fingerprint density at radius 3 is 3.10 bits per heavy atom. The number of hydrogen-bond acceptors (Lipinski definition) is 4. The Kier molecular flexibility index (Phi) is 3.82. The molecule has 0 aromatic carbocycles. The minimum absolute atomic E-state index is 0.171. The summed E-state index contributed by atoms with van der Waals surface area (Å²) in [5.74, 6) is 0.562. The summed E-state index contributed by atoms with van der Waals surface area (Å²) in [5.41, 5.74) is 0. The minimum atomic E-state index is -0.187. The topological polar surface area (TPSA) is 51.0 Å². The van der Waals surface area contributed by atoms with Crippen molar-refractivity contribution in [3.63, 3.8) is 0 Å². The molecule has 1 amide bonds. The molecule has 6 heteroatoms. The molecule has 0 bridgehead atoms. The molecule has 2 aromatic heterocycles. The normalized spacial score (nSPS) is 20.9. The van der Waals surface area contributed by atoms with E-state index in [1.165, 1.54) is 0 Å². The van der Waals surface area contributed by atoms with Crippen molar-refractivity contribution >= 4 is 17.2 Å². The quantitative estimate of drug-likeness (QED) is 0.871. The second-order valence-electron chi connectivity index (χ2n) is 5.18. The Balaban J connectivity index is 1.69. The van der Waals surface area contributed by atoms with Crippen molar-refractivity contribution in [2.24, 2.45) is 0 Å². The van der Waals surface area contributed by atoms with Crippen LogP contribution in [0.2, 0.25) is 0 Å². The van der Waals surface area contributed by atoms with E-state index in [2.05, 4.69) is 9.97 Å². The van der Waals surface area contributed by atoms with Gasteiger partial charge >= 0.3 is 0 Å². The number of rotatable bonds is 3. The van der Waals surface area contributed by atoms with Gasteiger partial charge in [0.25, 0.3) is 0 Å². The van der Waals surface area contributed by atoms with Crippen LogP contribution in [0.15, 0.2) is 30.3 Å². The van der Waals surface area contributed by atoms with E-state index in [1.807, 2.05) is 34.2 Å². The molecule has 20 heavy (non-hydrogen) atoms. The minimum Gasteiger partial charge on any atom is -0.340 e. The molecule has 1 saturated heterocycles. The van der Waals surface area contributed by atoms with Crippen LogP contribution in [0.3, 0.4) is 0 Å². The van der Waals surface area contributed by atoms with Crippen LogP contribution in [0.4, 0.5) is 0 Å². The lowest BCUT2D eigenvalue weighted by molar-refractivity contribution is -0.135. The Bertz CT molecular complexity index is 552. The predicted octanol–water partition coefficient (Wildman–Crippen LogP) is 2.31. The average molecular weight is 290 g/mol. The summed E-state index contributed by atoms with van der Waals surface area (Å²) >= 11 is 1.69. The van der Waals surface area contributed by atoms with Crippen molar-refractivity contribution in [2.75, 3.05) is 13.1 Å². The first-order valence-electron chi connectivity index (χ1n) is 6.91. The zero-order chi connectivity index (χ0) is 13.9. The van der Waals surface area contributed by atoms with E-state index < -0.39 is 0 Å². The number of aromatic nitrogens is 3. The van der Waals surface area contributed by atoms with Crippen molar-refractivity contribution < 1.29 is 4.79 Å². The molecular formula is C14H18N4OS. The molecule has 0 aliphatic carbocycles. The van der Waals surface area contributed by atoms with Crippen LogP contribution < -0.4 is 0 Å². The van der Waals surface area contributed by atoms with Crippen LogP contribution >= 0.6 is 11.3 Å². The van der Waals surface area contributed by atoms with Crippen LogP contribution in [0, 0.1) is 0 Å². The highest BCUT2D eigenvalue weighted by Crippen LogP contribution is 2.29. The Morgan fingerprint density at radius 2 is 2.40 bits per heavy atom. The van der Waals surface area contributed by atoms with Crippen molar-refractivity contribution in [3.05, 3.63) is 35.3 Å². The smallest absolute Gasteiger partial charge is 0.245 e. The van der Waals surface area contributed by atoms with Crippen molar-refractivity contribution in [3.8, 4) is 0 Å². The molecule has 1 fully saturated rings. The first kappa shape index (κ1) is 13.3. The summed E-state index contributed by atoms with van der Waals surface area (Å²) in [6.07, 6.45) is 9.26. The van der Waals surface area contributed by atoms with Gasteiger partial charge in [-0.1, -0.05) is 0 Å². The third kappa shape index (κ3) is 2.60. The molecular weight excluding hydrogens is 272 g/mol. The highest BCUT2D eigenvalue weighted by atomic mass is 32.1. The highest BCUT2D eigenvalue weighted by molar-refractivity contribution is 7.09. The molecule has 2 aromatic rings. The highest BCUT2D eigenvalue weighted by Gasteiger charge is 2.29. The third-order valence-corrected chi connectivity index (χ3v) is 4.80. The summed E-state index contributed by atoms with van der Waals surface area (Å²) in [4.78, 5) is 22.9. The fourth-order valence-electron chi connectivity index (χ4n) is 2.71. The number of amides is 1. The molecule has 0 spiro atoms. The van der Waals surface area contributed by atoms with Gasteiger partial charge in [0, 0.05) is 43.0 Å². The molecule has 5 nitrogen and oxygen atoms in total. The summed E-state index contributed by atoms with van der Waals surface area (Å²) < 4.78 is 1.86. The summed E-state index contributed by atoms with van der Waals surface area (Å²) in [6.45, 7) is 3.56. The monoisotopic (exact) mass is 290 g/mol. The van der Waals surface area contributed by atoms with Crippen LogP contribution in [0.1, 0.15) is 36.7 Å². The second kappa shape index (κ2) is 5.75. The fourth-order valence-corrected chi connectivity index (χ4v) is 3.47. The van der Waals surface area contributed by atoms with Crippen LogP contribution in [-0.4, -0.2) is 38.4 Å². The molecule has 0 N–H and O–H groups in total. The van der Waals surface area contributed by atoms with Gasteiger partial charge < -0.3 is 9.47 Å². The van der Waals surface area contributed by atoms with E-state index in [0.29, 0.717) is 5.92 Å². The van der Waals surface area contributed by atoms with Crippen LogP contribution in [0.5, 0.6) is 0 Å². The van der Waals surface area contributed by atoms with Gasteiger partial charge in [-0.2, -0.15) is 0 Å². The summed E-state index contributed by atoms with van der Waals surface area (Å²) in [6, 6.07) is -0.187. The van der Waals surface area contributed by atoms with Gasteiger partial charge in [-0.05, 0) is 19.8 Å². The number of hydrogen-bond donors (Lipinski definition) is 0. The number of carbonyl (C=O) groups excluding carboxylic acids is 1. The zero-order valence-corrected chi connectivity index (χ0v) is 12.3. The van der Waals surface area contributed by atoms with E-state index in [0.717, 1.165) is 30.9 Å². The van der Waals surface area contributed by atoms with Crippen molar-refractivity contribution in [1.82, 2.24) is 19.4 Å². The van der Waals surface area contributed by atoms with Gasteiger partial charge in [-0.25, -0.2) is 9.97 Å². The standard InChI is InChI=1S/C14H18N4OS/c1-11(18-7-4-15-10-18)14(19)17-6-2-3-12(9-17)13-16-5-8-20-13/h4-5,7-8,10-12H,2-3,6,9H2,1H3/t11-,12-/m0/s1. The fraction of sp³-hybridized carbons (Fsp3) is 0.500. The average Bonchev–Trinajstić information content (AvgIpc) is 3.18. The summed E-state index contributed by atoms with van der Waals surface area (Å²) in [7, 11) is 0. The third-order valence-electron chi connectivity index (χ3n) is 3.86. The lowest BCUT2D eigenvalue weighted by Gasteiger charge is -2.33. The van der Waals surface area contributed by atoms with Crippen molar-refractivity contribution in [2.45, 2.75) is 31.7 Å². The number of piperidine rings is 1. The molecule has 3 heterocycles. The van der Waals surface area contributed by atoms with Gasteiger partial charge in [-0.15, -0.1) is 11.3 Å². The van der Waals surface area contributed by atoms with Gasteiger partial charge in [0.2, 0.25) is 5.91 Å². The van der Waals surface area contributed by atoms with Gasteiger partial charge in [-0.3, -0.25) is 4.79 Å². The van der Waals surface area contributed by atoms with E-state index in [4.69, 9.17) is 0 Å². The molecule has 2 atom stereocenters. The Labute approximate surface area is 122 Å². The van der Waals surface area contributed by atoms with Crippen molar-refractivity contribution in [1.29, 1.82) is 0 Å². The molecule has 0 saturated carbocycles. The van der Waals surface area contributed by atoms with Gasteiger partial charge in [0.1, 0.15) is 6.04 Å². The first-order valence-corrected chi connectivity index (χ1v) is 7.79. The van der Waals surface area contributed by atoms with Crippen LogP contribution in [-0.2, 0) is 4.79 Å². The molecule has 0 unspecified atom stereocenters. The maximum Gasteiger partial charge on any atom is 0.245 e. The van der Waals surface area contributed by atoms with E-state index >= 15 is 0 Å². The maximum absolute atomic E-state index is 12.6. The molecule has 0 radical (unpaired) electrons.